The molecular formula is C13H13BrN2O. The molecule has 1 aromatic heterocycles. The van der Waals surface area contributed by atoms with Gasteiger partial charge in [0.15, 0.2) is 5.82 Å². The first-order chi connectivity index (χ1) is 8.08. The Labute approximate surface area is 109 Å². The number of nitrogens with zero attached hydrogens (tertiary/aromatic N) is 2. The van der Waals surface area contributed by atoms with Crippen molar-refractivity contribution in [1.29, 1.82) is 0 Å². The summed E-state index contributed by atoms with van der Waals surface area (Å²) in [5, 5.41) is 9.52. The molecule has 1 heterocycles. The fourth-order valence-corrected chi connectivity index (χ4v) is 2.05. The molecule has 1 N–H and O–H groups in total. The summed E-state index contributed by atoms with van der Waals surface area (Å²) in [6, 6.07) is 7.83. The first-order valence-corrected chi connectivity index (χ1v) is 6.15. The van der Waals surface area contributed by atoms with Gasteiger partial charge in [-0.2, -0.15) is 0 Å². The summed E-state index contributed by atoms with van der Waals surface area (Å²) in [6.45, 7) is 3.59. The average molecular weight is 293 g/mol. The van der Waals surface area contributed by atoms with E-state index in [2.05, 4.69) is 25.9 Å². The number of aromatic nitrogens is 2. The lowest BCUT2D eigenvalue weighted by Crippen LogP contribution is -2.01. The summed E-state index contributed by atoms with van der Waals surface area (Å²) in [5.74, 6) is 0.674. The molecule has 0 amide bonds. The number of aliphatic hydroxyl groups is 1. The molecule has 88 valence electrons. The molecule has 2 rings (SSSR count). The standard InChI is InChI=1S/C13H13BrN2O/c1-8-12(9(2)17)7-15-13(16-8)10-4-3-5-11(14)6-10/h3-7,9,17H,1-2H3. The van der Waals surface area contributed by atoms with Crippen molar-refractivity contribution in [2.24, 2.45) is 0 Å². The lowest BCUT2D eigenvalue weighted by molar-refractivity contribution is 0.197. The molecule has 1 aromatic carbocycles. The van der Waals surface area contributed by atoms with Gasteiger partial charge in [0.25, 0.3) is 0 Å². The SMILES string of the molecule is Cc1nc(-c2cccc(Br)c2)ncc1C(C)O. The molecule has 0 aliphatic carbocycles. The number of halogens is 1. The van der Waals surface area contributed by atoms with Gasteiger partial charge in [0.1, 0.15) is 0 Å². The summed E-state index contributed by atoms with van der Waals surface area (Å²) in [4.78, 5) is 8.69. The van der Waals surface area contributed by atoms with Crippen LogP contribution in [0.5, 0.6) is 0 Å². The van der Waals surface area contributed by atoms with Gasteiger partial charge in [-0.05, 0) is 26.0 Å². The van der Waals surface area contributed by atoms with Crippen LogP contribution in [0.3, 0.4) is 0 Å². The van der Waals surface area contributed by atoms with Gasteiger partial charge < -0.3 is 5.11 Å². The van der Waals surface area contributed by atoms with Crippen molar-refractivity contribution in [1.82, 2.24) is 9.97 Å². The lowest BCUT2D eigenvalue weighted by Gasteiger charge is -2.09. The second kappa shape index (κ2) is 4.94. The molecule has 4 heteroatoms. The summed E-state index contributed by atoms with van der Waals surface area (Å²) in [7, 11) is 0. The third-order valence-corrected chi connectivity index (χ3v) is 3.04. The van der Waals surface area contributed by atoms with Crippen molar-refractivity contribution in [3.8, 4) is 11.4 Å². The van der Waals surface area contributed by atoms with Crippen LogP contribution in [0, 0.1) is 6.92 Å². The zero-order valence-electron chi connectivity index (χ0n) is 9.68. The maximum absolute atomic E-state index is 9.52. The number of hydrogen-bond donors (Lipinski definition) is 1. The number of aliphatic hydroxyl groups excluding tert-OH is 1. The summed E-state index contributed by atoms with van der Waals surface area (Å²) in [5.41, 5.74) is 2.54. The van der Waals surface area contributed by atoms with Crippen molar-refractivity contribution in [3.63, 3.8) is 0 Å². The summed E-state index contributed by atoms with van der Waals surface area (Å²) < 4.78 is 0.996. The van der Waals surface area contributed by atoms with Crippen LogP contribution < -0.4 is 0 Å². The van der Waals surface area contributed by atoms with Crippen molar-refractivity contribution < 1.29 is 5.11 Å². The first-order valence-electron chi connectivity index (χ1n) is 5.35. The number of hydrogen-bond acceptors (Lipinski definition) is 3. The molecule has 2 aromatic rings. The molecule has 0 spiro atoms. The fourth-order valence-electron chi connectivity index (χ4n) is 1.65. The Kier molecular flexibility index (Phi) is 3.54. The highest BCUT2D eigenvalue weighted by molar-refractivity contribution is 9.10. The predicted octanol–water partition coefficient (Wildman–Crippen LogP) is 3.27. The third-order valence-electron chi connectivity index (χ3n) is 2.55. The molecule has 1 unspecified atom stereocenters. The van der Waals surface area contributed by atoms with Crippen LogP contribution in [0.1, 0.15) is 24.3 Å². The van der Waals surface area contributed by atoms with Gasteiger partial charge in [-0.15, -0.1) is 0 Å². The fraction of sp³-hybridized carbons (Fsp3) is 0.231. The minimum Gasteiger partial charge on any atom is -0.389 e. The zero-order chi connectivity index (χ0) is 12.4. The van der Waals surface area contributed by atoms with Crippen LogP contribution in [-0.2, 0) is 0 Å². The van der Waals surface area contributed by atoms with Crippen LogP contribution in [0.2, 0.25) is 0 Å². The van der Waals surface area contributed by atoms with Crippen LogP contribution in [0.25, 0.3) is 11.4 Å². The van der Waals surface area contributed by atoms with Crippen molar-refractivity contribution in [3.05, 3.63) is 46.2 Å². The molecule has 0 saturated heterocycles. The Morgan fingerprint density at radius 3 is 2.71 bits per heavy atom. The topological polar surface area (TPSA) is 46.0 Å². The Hall–Kier alpha value is -1.26. The minimum absolute atomic E-state index is 0.536. The van der Waals surface area contributed by atoms with Crippen LogP contribution >= 0.6 is 15.9 Å². The Morgan fingerprint density at radius 2 is 2.12 bits per heavy atom. The predicted molar refractivity (Wildman–Crippen MR) is 70.5 cm³/mol. The van der Waals surface area contributed by atoms with Gasteiger partial charge in [0.05, 0.1) is 6.10 Å². The summed E-state index contributed by atoms with van der Waals surface area (Å²) in [6.07, 6.45) is 1.15. The molecule has 0 bridgehead atoms. The van der Waals surface area contributed by atoms with Gasteiger partial charge >= 0.3 is 0 Å². The normalized spacial score (nSPS) is 12.5. The lowest BCUT2D eigenvalue weighted by atomic mass is 10.1. The van der Waals surface area contributed by atoms with Gasteiger partial charge in [0.2, 0.25) is 0 Å². The molecular weight excluding hydrogens is 280 g/mol. The molecule has 0 radical (unpaired) electrons. The third kappa shape index (κ3) is 2.70. The van der Waals surface area contributed by atoms with E-state index in [-0.39, 0.29) is 0 Å². The molecule has 0 fully saturated rings. The Morgan fingerprint density at radius 1 is 1.35 bits per heavy atom. The minimum atomic E-state index is -0.536. The molecule has 0 aliphatic rings. The molecule has 3 nitrogen and oxygen atoms in total. The number of aryl methyl sites for hydroxylation is 1. The van der Waals surface area contributed by atoms with E-state index in [0.717, 1.165) is 21.3 Å². The monoisotopic (exact) mass is 292 g/mol. The van der Waals surface area contributed by atoms with Crippen molar-refractivity contribution in [2.75, 3.05) is 0 Å². The van der Waals surface area contributed by atoms with E-state index in [4.69, 9.17) is 0 Å². The van der Waals surface area contributed by atoms with Gasteiger partial charge in [0, 0.05) is 27.5 Å². The van der Waals surface area contributed by atoms with Crippen molar-refractivity contribution in [2.45, 2.75) is 20.0 Å². The van der Waals surface area contributed by atoms with E-state index in [9.17, 15) is 5.11 Å². The molecule has 17 heavy (non-hydrogen) atoms. The second-order valence-corrected chi connectivity index (χ2v) is 4.84. The highest BCUT2D eigenvalue weighted by atomic mass is 79.9. The van der Waals surface area contributed by atoms with Crippen LogP contribution in [-0.4, -0.2) is 15.1 Å². The number of benzene rings is 1. The largest absolute Gasteiger partial charge is 0.389 e. The molecule has 0 saturated carbocycles. The van der Waals surface area contributed by atoms with Crippen LogP contribution in [0.15, 0.2) is 34.9 Å². The van der Waals surface area contributed by atoms with Gasteiger partial charge in [-0.3, -0.25) is 0 Å². The molecule has 0 aliphatic heterocycles. The highest BCUT2D eigenvalue weighted by Crippen LogP contribution is 2.22. The Balaban J connectivity index is 2.44. The summed E-state index contributed by atoms with van der Waals surface area (Å²) >= 11 is 3.42. The number of rotatable bonds is 2. The van der Waals surface area contributed by atoms with Crippen molar-refractivity contribution >= 4 is 15.9 Å². The van der Waals surface area contributed by atoms with Gasteiger partial charge in [-0.1, -0.05) is 28.1 Å². The van der Waals surface area contributed by atoms with E-state index in [1.807, 2.05) is 31.2 Å². The van der Waals surface area contributed by atoms with E-state index >= 15 is 0 Å². The second-order valence-electron chi connectivity index (χ2n) is 3.92. The zero-order valence-corrected chi connectivity index (χ0v) is 11.3. The quantitative estimate of drug-likeness (QED) is 0.924. The van der Waals surface area contributed by atoms with Crippen LogP contribution in [0.4, 0.5) is 0 Å². The van der Waals surface area contributed by atoms with E-state index in [1.54, 1.807) is 13.1 Å². The maximum Gasteiger partial charge on any atom is 0.159 e. The average Bonchev–Trinajstić information content (AvgIpc) is 2.28. The van der Waals surface area contributed by atoms with E-state index < -0.39 is 6.10 Å². The van der Waals surface area contributed by atoms with E-state index in [1.165, 1.54) is 0 Å². The smallest absolute Gasteiger partial charge is 0.159 e. The maximum atomic E-state index is 9.52. The highest BCUT2D eigenvalue weighted by Gasteiger charge is 2.09. The van der Waals surface area contributed by atoms with Gasteiger partial charge in [-0.25, -0.2) is 9.97 Å². The molecule has 1 atom stereocenters. The van der Waals surface area contributed by atoms with E-state index in [0.29, 0.717) is 5.82 Å². The Bertz CT molecular complexity index is 541. The first kappa shape index (κ1) is 12.2.